The molecule has 0 saturated carbocycles. The number of hydrogen-bond acceptors (Lipinski definition) is 3. The molecule has 0 spiro atoms. The quantitative estimate of drug-likeness (QED) is 0.895. The fraction of sp³-hybridized carbons (Fsp3) is 0.143. The second kappa shape index (κ2) is 5.80. The first-order valence-corrected chi connectivity index (χ1v) is 6.03. The molecule has 100 valence electrons. The zero-order valence-electron chi connectivity index (χ0n) is 10.3. The average molecular weight is 282 g/mol. The zero-order chi connectivity index (χ0) is 13.8. The largest absolute Gasteiger partial charge is 0.504 e. The lowest BCUT2D eigenvalue weighted by Crippen LogP contribution is -2.00. The van der Waals surface area contributed by atoms with E-state index in [4.69, 9.17) is 16.3 Å². The van der Waals surface area contributed by atoms with Crippen LogP contribution in [0, 0.1) is 5.82 Å². The second-order valence-corrected chi connectivity index (χ2v) is 4.36. The molecule has 0 amide bonds. The van der Waals surface area contributed by atoms with Crippen molar-refractivity contribution in [3.63, 3.8) is 0 Å². The summed E-state index contributed by atoms with van der Waals surface area (Å²) < 4.78 is 18.3. The molecule has 0 aromatic heterocycles. The number of hydrogen-bond donors (Lipinski definition) is 2. The van der Waals surface area contributed by atoms with Crippen LogP contribution < -0.4 is 10.1 Å². The van der Waals surface area contributed by atoms with Crippen molar-refractivity contribution in [1.29, 1.82) is 0 Å². The highest BCUT2D eigenvalue weighted by Gasteiger charge is 2.07. The van der Waals surface area contributed by atoms with Gasteiger partial charge in [0.05, 0.1) is 12.1 Å². The van der Waals surface area contributed by atoms with Crippen molar-refractivity contribution in [2.45, 2.75) is 6.54 Å². The Hall–Kier alpha value is -1.94. The van der Waals surface area contributed by atoms with Crippen molar-refractivity contribution in [1.82, 2.24) is 0 Å². The monoisotopic (exact) mass is 281 g/mol. The van der Waals surface area contributed by atoms with E-state index in [1.54, 1.807) is 24.3 Å². The average Bonchev–Trinajstić information content (AvgIpc) is 2.41. The Labute approximate surface area is 115 Å². The molecule has 2 rings (SSSR count). The number of aromatic hydroxyl groups is 1. The maximum atomic E-state index is 13.3. The van der Waals surface area contributed by atoms with Crippen LogP contribution in [0.25, 0.3) is 0 Å². The molecule has 19 heavy (non-hydrogen) atoms. The van der Waals surface area contributed by atoms with E-state index in [1.807, 2.05) is 0 Å². The van der Waals surface area contributed by atoms with Crippen LogP contribution in [0.2, 0.25) is 5.02 Å². The summed E-state index contributed by atoms with van der Waals surface area (Å²) in [5.41, 5.74) is 1.25. The summed E-state index contributed by atoms with van der Waals surface area (Å²) in [5.74, 6) is -0.00458. The predicted molar refractivity (Wildman–Crippen MR) is 73.4 cm³/mol. The summed E-state index contributed by atoms with van der Waals surface area (Å²) in [6.07, 6.45) is 0. The van der Waals surface area contributed by atoms with E-state index in [1.165, 1.54) is 19.2 Å². The third-order valence-electron chi connectivity index (χ3n) is 2.71. The standard InChI is InChI=1S/C14H13ClFNO2/c1-19-13-4-2-3-9(14(13)18)8-17-10-5-6-11(15)12(16)7-10/h2-7,17-18H,8H2,1H3. The number of methoxy groups -OCH3 is 1. The van der Waals surface area contributed by atoms with Gasteiger partial charge in [0.2, 0.25) is 0 Å². The molecule has 0 unspecified atom stereocenters. The van der Waals surface area contributed by atoms with Crippen LogP contribution in [0.1, 0.15) is 5.56 Å². The number of rotatable bonds is 4. The van der Waals surface area contributed by atoms with Crippen LogP contribution in [-0.2, 0) is 6.54 Å². The Bertz CT molecular complexity index is 590. The molecular formula is C14H13ClFNO2. The molecule has 5 heteroatoms. The van der Waals surface area contributed by atoms with E-state index in [-0.39, 0.29) is 10.8 Å². The molecule has 0 aliphatic carbocycles. The van der Waals surface area contributed by atoms with E-state index in [9.17, 15) is 9.50 Å². The number of ether oxygens (including phenoxy) is 1. The molecular weight excluding hydrogens is 269 g/mol. The van der Waals surface area contributed by atoms with Gasteiger partial charge >= 0.3 is 0 Å². The lowest BCUT2D eigenvalue weighted by atomic mass is 10.2. The van der Waals surface area contributed by atoms with Gasteiger partial charge in [0.15, 0.2) is 11.5 Å². The number of anilines is 1. The van der Waals surface area contributed by atoms with Crippen LogP contribution in [0.3, 0.4) is 0 Å². The molecule has 0 aliphatic rings. The normalized spacial score (nSPS) is 10.3. The van der Waals surface area contributed by atoms with Crippen LogP contribution in [-0.4, -0.2) is 12.2 Å². The van der Waals surface area contributed by atoms with Gasteiger partial charge in [-0.25, -0.2) is 4.39 Å². The van der Waals surface area contributed by atoms with Gasteiger partial charge in [-0.2, -0.15) is 0 Å². The minimum Gasteiger partial charge on any atom is -0.504 e. The minimum atomic E-state index is -0.485. The first-order chi connectivity index (χ1) is 9.11. The summed E-state index contributed by atoms with van der Waals surface area (Å²) in [5, 5.41) is 13.0. The van der Waals surface area contributed by atoms with Crippen LogP contribution in [0.4, 0.5) is 10.1 Å². The van der Waals surface area contributed by atoms with E-state index in [0.717, 1.165) is 0 Å². The van der Waals surface area contributed by atoms with Crippen molar-refractivity contribution in [2.24, 2.45) is 0 Å². The molecule has 0 radical (unpaired) electrons. The molecule has 0 heterocycles. The number of nitrogens with one attached hydrogen (secondary N) is 1. The topological polar surface area (TPSA) is 41.5 Å². The highest BCUT2D eigenvalue weighted by Crippen LogP contribution is 2.30. The summed E-state index contributed by atoms with van der Waals surface area (Å²) >= 11 is 5.60. The molecule has 3 nitrogen and oxygen atoms in total. The second-order valence-electron chi connectivity index (χ2n) is 3.95. The molecule has 2 N–H and O–H groups in total. The Kier molecular flexibility index (Phi) is 4.12. The van der Waals surface area contributed by atoms with Gasteiger partial charge < -0.3 is 15.2 Å². The van der Waals surface area contributed by atoms with Crippen molar-refractivity contribution in [2.75, 3.05) is 12.4 Å². The lowest BCUT2D eigenvalue weighted by molar-refractivity contribution is 0.371. The van der Waals surface area contributed by atoms with Crippen LogP contribution in [0.15, 0.2) is 36.4 Å². The van der Waals surface area contributed by atoms with E-state index in [2.05, 4.69) is 5.32 Å². The molecule has 0 saturated heterocycles. The summed E-state index contributed by atoms with van der Waals surface area (Å²) in [6.45, 7) is 0.351. The van der Waals surface area contributed by atoms with Crippen molar-refractivity contribution in [3.05, 3.63) is 52.8 Å². The number of halogens is 2. The maximum Gasteiger partial charge on any atom is 0.162 e. The highest BCUT2D eigenvalue weighted by molar-refractivity contribution is 6.30. The van der Waals surface area contributed by atoms with Gasteiger partial charge in [0, 0.05) is 17.8 Å². The Morgan fingerprint density at radius 1 is 1.32 bits per heavy atom. The number of phenols is 1. The third-order valence-corrected chi connectivity index (χ3v) is 3.01. The molecule has 0 fully saturated rings. The van der Waals surface area contributed by atoms with Gasteiger partial charge in [-0.05, 0) is 24.3 Å². The number of para-hydroxylation sites is 1. The van der Waals surface area contributed by atoms with E-state index < -0.39 is 5.82 Å². The maximum absolute atomic E-state index is 13.3. The van der Waals surface area contributed by atoms with Gasteiger partial charge in [0.25, 0.3) is 0 Å². The van der Waals surface area contributed by atoms with E-state index >= 15 is 0 Å². The summed E-state index contributed by atoms with van der Waals surface area (Å²) in [4.78, 5) is 0. The lowest BCUT2D eigenvalue weighted by Gasteiger charge is -2.11. The third kappa shape index (κ3) is 3.09. The van der Waals surface area contributed by atoms with Gasteiger partial charge in [-0.3, -0.25) is 0 Å². The molecule has 0 bridgehead atoms. The van der Waals surface area contributed by atoms with Gasteiger partial charge in [-0.1, -0.05) is 23.7 Å². The molecule has 2 aromatic rings. The smallest absolute Gasteiger partial charge is 0.162 e. The number of phenolic OH excluding ortho intramolecular Hbond substituents is 1. The Morgan fingerprint density at radius 2 is 2.11 bits per heavy atom. The van der Waals surface area contributed by atoms with E-state index in [0.29, 0.717) is 23.5 Å². The Balaban J connectivity index is 2.12. The van der Waals surface area contributed by atoms with Crippen molar-refractivity contribution >= 4 is 17.3 Å². The minimum absolute atomic E-state index is 0.0759. The SMILES string of the molecule is COc1cccc(CNc2ccc(Cl)c(F)c2)c1O. The first-order valence-electron chi connectivity index (χ1n) is 5.65. The van der Waals surface area contributed by atoms with Crippen LogP contribution >= 0.6 is 11.6 Å². The van der Waals surface area contributed by atoms with Crippen molar-refractivity contribution < 1.29 is 14.2 Å². The van der Waals surface area contributed by atoms with Crippen molar-refractivity contribution in [3.8, 4) is 11.5 Å². The zero-order valence-corrected chi connectivity index (χ0v) is 11.0. The molecule has 0 aliphatic heterocycles. The fourth-order valence-corrected chi connectivity index (χ4v) is 1.80. The van der Waals surface area contributed by atoms with Crippen LogP contribution in [0.5, 0.6) is 11.5 Å². The molecule has 0 atom stereocenters. The van der Waals surface area contributed by atoms with Gasteiger partial charge in [0.1, 0.15) is 5.82 Å². The number of benzene rings is 2. The summed E-state index contributed by atoms with van der Waals surface area (Å²) in [7, 11) is 1.49. The fourth-order valence-electron chi connectivity index (χ4n) is 1.68. The van der Waals surface area contributed by atoms with Gasteiger partial charge in [-0.15, -0.1) is 0 Å². The highest BCUT2D eigenvalue weighted by atomic mass is 35.5. The predicted octanol–water partition coefficient (Wildman–Crippen LogP) is 3.81. The molecule has 2 aromatic carbocycles. The Morgan fingerprint density at radius 3 is 2.79 bits per heavy atom. The first kappa shape index (κ1) is 13.5. The summed E-state index contributed by atoms with van der Waals surface area (Å²) in [6, 6.07) is 9.66.